The summed E-state index contributed by atoms with van der Waals surface area (Å²) in [6, 6.07) is 10.6. The average Bonchev–Trinajstić information content (AvgIpc) is 3.59. The number of carbonyl (C=O) groups is 2. The second-order valence-electron chi connectivity index (χ2n) is 13.9. The van der Waals surface area contributed by atoms with Gasteiger partial charge < -0.3 is 19.1 Å². The van der Waals surface area contributed by atoms with Gasteiger partial charge in [-0.3, -0.25) is 24.8 Å². The highest BCUT2D eigenvalue weighted by atomic mass is 16.5. The molecule has 1 aliphatic carbocycles. The fourth-order valence-electron chi connectivity index (χ4n) is 7.56. The molecule has 2 fully saturated rings. The van der Waals surface area contributed by atoms with Crippen molar-refractivity contribution < 1.29 is 14.3 Å². The zero-order chi connectivity index (χ0) is 33.6. The molecule has 1 aromatic carbocycles. The number of fused-ring (bicyclic) bond motifs is 7. The molecular formula is C36H45N9O3. The van der Waals surface area contributed by atoms with Crippen LogP contribution in [0.1, 0.15) is 47.3 Å². The number of aromatic nitrogens is 5. The number of piperidine rings is 1. The largest absolute Gasteiger partial charge is 0.475 e. The van der Waals surface area contributed by atoms with Crippen LogP contribution in [0.2, 0.25) is 0 Å². The fraction of sp³-hybridized carbons (Fsp3) is 0.472. The lowest BCUT2D eigenvalue weighted by Gasteiger charge is -2.54. The summed E-state index contributed by atoms with van der Waals surface area (Å²) in [4.78, 5) is 42.9. The average molecular weight is 652 g/mol. The van der Waals surface area contributed by atoms with Gasteiger partial charge in [-0.15, -0.1) is 0 Å². The first-order valence-corrected chi connectivity index (χ1v) is 16.9. The van der Waals surface area contributed by atoms with E-state index in [1.54, 1.807) is 35.0 Å². The Morgan fingerprint density at radius 1 is 1.10 bits per heavy atom. The number of carbonyl (C=O) groups excluding carboxylic acids is 2. The molecule has 12 nitrogen and oxygen atoms in total. The van der Waals surface area contributed by atoms with E-state index in [2.05, 4.69) is 58.0 Å². The lowest BCUT2D eigenvalue weighted by molar-refractivity contribution is -0.126. The Balaban J connectivity index is 1.18. The van der Waals surface area contributed by atoms with E-state index in [-0.39, 0.29) is 18.4 Å². The molecule has 4 aromatic rings. The number of rotatable bonds is 4. The quantitative estimate of drug-likeness (QED) is 0.328. The Labute approximate surface area is 281 Å². The number of nitrogens with zero attached hydrogens (tertiary/aromatic N) is 8. The van der Waals surface area contributed by atoms with E-state index in [1.807, 2.05) is 17.6 Å². The van der Waals surface area contributed by atoms with E-state index in [0.29, 0.717) is 59.4 Å². The van der Waals surface area contributed by atoms with E-state index >= 15 is 0 Å². The highest BCUT2D eigenvalue weighted by Crippen LogP contribution is 2.50. The topological polar surface area (TPSA) is 114 Å². The van der Waals surface area contributed by atoms with E-state index < -0.39 is 0 Å². The second-order valence-corrected chi connectivity index (χ2v) is 13.9. The van der Waals surface area contributed by atoms with Crippen molar-refractivity contribution in [3.8, 4) is 17.1 Å². The molecule has 1 saturated heterocycles. The van der Waals surface area contributed by atoms with Crippen LogP contribution in [0.3, 0.4) is 0 Å². The molecule has 1 N–H and O–H groups in total. The van der Waals surface area contributed by atoms with Gasteiger partial charge >= 0.3 is 0 Å². The van der Waals surface area contributed by atoms with Gasteiger partial charge in [-0.2, -0.15) is 5.10 Å². The third-order valence-corrected chi connectivity index (χ3v) is 10.5. The van der Waals surface area contributed by atoms with Gasteiger partial charge in [0.1, 0.15) is 6.61 Å². The Morgan fingerprint density at radius 3 is 2.65 bits per heavy atom. The maximum atomic E-state index is 13.8. The molecule has 7 rings (SSSR count). The summed E-state index contributed by atoms with van der Waals surface area (Å²) >= 11 is 0. The molecule has 1 spiro atoms. The minimum absolute atomic E-state index is 0.195. The molecular weight excluding hydrogens is 606 g/mol. The minimum Gasteiger partial charge on any atom is -0.475 e. The van der Waals surface area contributed by atoms with Crippen LogP contribution < -0.4 is 10.1 Å². The van der Waals surface area contributed by atoms with Gasteiger partial charge in [0.25, 0.3) is 5.91 Å². The zero-order valence-electron chi connectivity index (χ0n) is 28.4. The van der Waals surface area contributed by atoms with Gasteiger partial charge in [-0.25, -0.2) is 9.67 Å². The molecule has 0 atom stereocenters. The van der Waals surface area contributed by atoms with Crippen LogP contribution in [-0.2, 0) is 24.9 Å². The molecule has 5 heterocycles. The number of likely N-dealkylation sites (tertiary alicyclic amines) is 1. The van der Waals surface area contributed by atoms with E-state index in [9.17, 15) is 9.59 Å². The van der Waals surface area contributed by atoms with Crippen molar-refractivity contribution in [1.29, 1.82) is 0 Å². The zero-order valence-corrected chi connectivity index (χ0v) is 28.4. The number of hydrogen-bond acceptors (Lipinski definition) is 8. The lowest BCUT2D eigenvalue weighted by atomic mass is 9.60. The van der Waals surface area contributed by atoms with Crippen molar-refractivity contribution in [3.63, 3.8) is 0 Å². The monoisotopic (exact) mass is 651 g/mol. The summed E-state index contributed by atoms with van der Waals surface area (Å²) in [5.41, 5.74) is 5.82. The van der Waals surface area contributed by atoms with Crippen LogP contribution in [0, 0.1) is 12.3 Å². The van der Waals surface area contributed by atoms with E-state index in [1.165, 1.54) is 37.3 Å². The Morgan fingerprint density at radius 2 is 1.90 bits per heavy atom. The highest BCUT2D eigenvalue weighted by Gasteiger charge is 2.46. The summed E-state index contributed by atoms with van der Waals surface area (Å²) < 4.78 is 9.82. The Kier molecular flexibility index (Phi) is 8.55. The van der Waals surface area contributed by atoms with Crippen LogP contribution in [0.25, 0.3) is 22.3 Å². The van der Waals surface area contributed by atoms with Gasteiger partial charge in [0, 0.05) is 44.0 Å². The standard InChI is InChI=1S/C36H45N9O3/c1-6-32(46)44-13-14-45-31-18-25(23-43-11-9-36(10-12-43)20-27(21-36)41(3)4)7-8-29(31)39-35(45)40-33(47)26-17-24(2)38-30(19-26)28-22-37-42(5)34(28)48-16-15-44/h6-8,17-19,22,27H,1,9-16,20-21,23H2,2-5H3,(H,39,40,47). The molecule has 1 saturated carbocycles. The van der Waals surface area contributed by atoms with Crippen molar-refractivity contribution in [2.75, 3.05) is 52.2 Å². The SMILES string of the molecule is C=CC(=O)N1CCOc2c(cnn2C)-c2cc(cc(C)n2)C(=O)Nc2nc3ccc(CN4CCC5(CC4)CC(N(C)C)C5)cc3n2CC1. The van der Waals surface area contributed by atoms with Crippen LogP contribution in [0.4, 0.5) is 5.95 Å². The van der Waals surface area contributed by atoms with Crippen molar-refractivity contribution in [2.45, 2.75) is 51.7 Å². The maximum Gasteiger partial charge on any atom is 0.258 e. The van der Waals surface area contributed by atoms with Crippen molar-refractivity contribution in [2.24, 2.45) is 12.5 Å². The summed E-state index contributed by atoms with van der Waals surface area (Å²) in [6.45, 7) is 10.0. The summed E-state index contributed by atoms with van der Waals surface area (Å²) in [5.74, 6) is 0.455. The van der Waals surface area contributed by atoms with Gasteiger partial charge in [0.2, 0.25) is 17.7 Å². The van der Waals surface area contributed by atoms with Crippen molar-refractivity contribution >= 4 is 28.8 Å². The lowest BCUT2D eigenvalue weighted by Crippen LogP contribution is -2.53. The van der Waals surface area contributed by atoms with E-state index in [0.717, 1.165) is 36.7 Å². The molecule has 3 aromatic heterocycles. The number of imidazole rings is 1. The normalized spacial score (nSPS) is 18.8. The molecule has 0 radical (unpaired) electrons. The minimum atomic E-state index is -0.298. The van der Waals surface area contributed by atoms with E-state index in [4.69, 9.17) is 9.72 Å². The van der Waals surface area contributed by atoms with Crippen LogP contribution in [0.5, 0.6) is 5.88 Å². The number of amides is 2. The molecule has 48 heavy (non-hydrogen) atoms. The summed E-state index contributed by atoms with van der Waals surface area (Å²) in [6.07, 6.45) is 8.13. The van der Waals surface area contributed by atoms with Crippen molar-refractivity contribution in [1.82, 2.24) is 39.0 Å². The number of aryl methyl sites for hydroxylation is 2. The van der Waals surface area contributed by atoms with Gasteiger partial charge in [-0.1, -0.05) is 12.6 Å². The second kappa shape index (κ2) is 12.8. The predicted octanol–water partition coefficient (Wildman–Crippen LogP) is 4.11. The van der Waals surface area contributed by atoms with Crippen LogP contribution >= 0.6 is 0 Å². The first-order chi connectivity index (χ1) is 23.1. The first kappa shape index (κ1) is 32.0. The molecule has 252 valence electrons. The number of ether oxygens (including phenoxy) is 1. The fourth-order valence-corrected chi connectivity index (χ4v) is 7.56. The van der Waals surface area contributed by atoms with Crippen molar-refractivity contribution in [3.05, 3.63) is 66.0 Å². The van der Waals surface area contributed by atoms with Gasteiger partial charge in [-0.05, 0) is 101 Å². The number of pyridine rings is 1. The highest BCUT2D eigenvalue weighted by molar-refractivity contribution is 6.04. The molecule has 0 unspecified atom stereocenters. The molecule has 12 heteroatoms. The molecule has 3 aliphatic rings. The van der Waals surface area contributed by atoms with Gasteiger partial charge in [0.05, 0.1) is 35.0 Å². The third-order valence-electron chi connectivity index (χ3n) is 10.5. The molecule has 2 amide bonds. The number of anilines is 1. The van der Waals surface area contributed by atoms with Crippen LogP contribution in [-0.4, -0.2) is 104 Å². The third kappa shape index (κ3) is 6.22. The van der Waals surface area contributed by atoms with Gasteiger partial charge in [0.15, 0.2) is 0 Å². The summed E-state index contributed by atoms with van der Waals surface area (Å²) in [7, 11) is 6.18. The molecule has 2 bridgehead atoms. The van der Waals surface area contributed by atoms with Crippen LogP contribution in [0.15, 0.2) is 49.2 Å². The number of hydrogen-bond donors (Lipinski definition) is 1. The predicted molar refractivity (Wildman–Crippen MR) is 185 cm³/mol. The smallest absolute Gasteiger partial charge is 0.258 e. The Hall–Kier alpha value is -4.55. The summed E-state index contributed by atoms with van der Waals surface area (Å²) in [5, 5.41) is 7.44. The Bertz CT molecular complexity index is 1860. The molecule has 2 aliphatic heterocycles. The number of nitrogens with one attached hydrogen (secondary N) is 1. The maximum absolute atomic E-state index is 13.8. The number of benzene rings is 1. The first-order valence-electron chi connectivity index (χ1n) is 16.9.